The minimum Gasteiger partial charge on any atom is -0.478 e. The molecule has 6 heteroatoms. The molecule has 0 atom stereocenters. The Morgan fingerprint density at radius 1 is 1.29 bits per heavy atom. The van der Waals surface area contributed by atoms with E-state index in [4.69, 9.17) is 9.52 Å². The van der Waals surface area contributed by atoms with E-state index in [0.29, 0.717) is 21.7 Å². The first-order chi connectivity index (χ1) is 9.97. The lowest BCUT2D eigenvalue weighted by Gasteiger charge is -2.09. The number of aromatic carboxylic acids is 1. The number of rotatable bonds is 4. The molecule has 2 aromatic rings. The quantitative estimate of drug-likeness (QED) is 0.824. The lowest BCUT2D eigenvalue weighted by atomic mass is 10.1. The molecule has 0 aliphatic carbocycles. The Hall–Kier alpha value is -2.34. The second-order valence-electron chi connectivity index (χ2n) is 4.27. The summed E-state index contributed by atoms with van der Waals surface area (Å²) in [4.78, 5) is 23.0. The summed E-state index contributed by atoms with van der Waals surface area (Å²) in [7, 11) is 0. The minimum atomic E-state index is -1.09. The van der Waals surface area contributed by atoms with Gasteiger partial charge in [-0.1, -0.05) is 12.1 Å². The van der Waals surface area contributed by atoms with Gasteiger partial charge in [-0.05, 0) is 52.7 Å². The van der Waals surface area contributed by atoms with Gasteiger partial charge in [0.2, 0.25) is 5.91 Å². The Balaban J connectivity index is 2.16. The van der Waals surface area contributed by atoms with Crippen LogP contribution in [-0.2, 0) is 4.79 Å². The number of nitrogens with one attached hydrogen (secondary N) is 1. The van der Waals surface area contributed by atoms with Gasteiger partial charge in [-0.3, -0.25) is 4.79 Å². The van der Waals surface area contributed by atoms with Crippen molar-refractivity contribution in [3.63, 3.8) is 0 Å². The molecule has 1 amide bonds. The fourth-order valence-electron chi connectivity index (χ4n) is 1.75. The maximum atomic E-state index is 11.9. The number of carbonyl (C=O) groups is 2. The van der Waals surface area contributed by atoms with E-state index in [2.05, 4.69) is 21.2 Å². The van der Waals surface area contributed by atoms with E-state index in [9.17, 15) is 9.59 Å². The molecule has 0 spiro atoms. The van der Waals surface area contributed by atoms with Crippen LogP contribution in [0.1, 0.15) is 21.7 Å². The average molecular weight is 350 g/mol. The normalized spacial score (nSPS) is 10.8. The van der Waals surface area contributed by atoms with E-state index in [1.165, 1.54) is 18.2 Å². The highest BCUT2D eigenvalue weighted by molar-refractivity contribution is 9.10. The van der Waals surface area contributed by atoms with Crippen molar-refractivity contribution >= 4 is 39.6 Å². The van der Waals surface area contributed by atoms with Crippen LogP contribution in [0.15, 0.2) is 45.5 Å². The molecule has 1 aromatic heterocycles. The van der Waals surface area contributed by atoms with E-state index < -0.39 is 11.9 Å². The maximum Gasteiger partial charge on any atom is 0.337 e. The van der Waals surface area contributed by atoms with Crippen LogP contribution >= 0.6 is 15.9 Å². The van der Waals surface area contributed by atoms with Crippen LogP contribution in [0.2, 0.25) is 0 Å². The molecule has 108 valence electrons. The van der Waals surface area contributed by atoms with Gasteiger partial charge < -0.3 is 14.8 Å². The highest BCUT2D eigenvalue weighted by Crippen LogP contribution is 2.21. The van der Waals surface area contributed by atoms with Crippen LogP contribution in [0.3, 0.4) is 0 Å². The predicted molar refractivity (Wildman–Crippen MR) is 82.2 cm³/mol. The molecule has 5 nitrogen and oxygen atoms in total. The van der Waals surface area contributed by atoms with Gasteiger partial charge in [0, 0.05) is 6.08 Å². The minimum absolute atomic E-state index is 0.0532. The van der Waals surface area contributed by atoms with Crippen LogP contribution in [0, 0.1) is 6.92 Å². The van der Waals surface area contributed by atoms with Gasteiger partial charge in [-0.25, -0.2) is 4.79 Å². The van der Waals surface area contributed by atoms with Crippen molar-refractivity contribution in [1.82, 2.24) is 0 Å². The molecule has 21 heavy (non-hydrogen) atoms. The number of carboxylic acids is 1. The second-order valence-corrected chi connectivity index (χ2v) is 5.05. The number of aryl methyl sites for hydroxylation is 1. The zero-order valence-electron chi connectivity index (χ0n) is 11.1. The molecule has 0 bridgehead atoms. The molecule has 2 rings (SSSR count). The van der Waals surface area contributed by atoms with E-state index >= 15 is 0 Å². The van der Waals surface area contributed by atoms with Gasteiger partial charge in [0.1, 0.15) is 5.76 Å². The van der Waals surface area contributed by atoms with Gasteiger partial charge in [-0.2, -0.15) is 0 Å². The number of anilines is 1. The van der Waals surface area contributed by atoms with Crippen molar-refractivity contribution in [2.24, 2.45) is 0 Å². The number of hydrogen-bond donors (Lipinski definition) is 2. The average Bonchev–Trinajstić information content (AvgIpc) is 2.84. The first-order valence-corrected chi connectivity index (χ1v) is 6.84. The number of halogens is 1. The maximum absolute atomic E-state index is 11.9. The van der Waals surface area contributed by atoms with E-state index in [-0.39, 0.29) is 5.56 Å². The number of carboxylic acid groups (broad SMARTS) is 1. The Kier molecular flexibility index (Phi) is 4.59. The summed E-state index contributed by atoms with van der Waals surface area (Å²) in [5.74, 6) is -1.01. The van der Waals surface area contributed by atoms with Crippen LogP contribution in [-0.4, -0.2) is 17.0 Å². The van der Waals surface area contributed by atoms with Gasteiger partial charge in [0.05, 0.1) is 11.3 Å². The van der Waals surface area contributed by atoms with Crippen LogP contribution < -0.4 is 5.32 Å². The van der Waals surface area contributed by atoms with E-state index in [0.717, 1.165) is 0 Å². The molecule has 0 fully saturated rings. The molecule has 2 N–H and O–H groups in total. The van der Waals surface area contributed by atoms with Gasteiger partial charge >= 0.3 is 5.97 Å². The van der Waals surface area contributed by atoms with Crippen molar-refractivity contribution in [2.75, 3.05) is 5.32 Å². The lowest BCUT2D eigenvalue weighted by molar-refractivity contribution is -0.111. The fraction of sp³-hybridized carbons (Fsp3) is 0.0667. The lowest BCUT2D eigenvalue weighted by Crippen LogP contribution is -2.13. The Bertz CT molecular complexity index is 718. The molecule has 0 saturated heterocycles. The third-order valence-corrected chi connectivity index (χ3v) is 3.17. The zero-order chi connectivity index (χ0) is 15.4. The molecule has 0 saturated carbocycles. The summed E-state index contributed by atoms with van der Waals surface area (Å²) < 4.78 is 5.79. The van der Waals surface area contributed by atoms with Crippen molar-refractivity contribution < 1.29 is 19.1 Å². The molecule has 0 aliphatic rings. The summed E-state index contributed by atoms with van der Waals surface area (Å²) >= 11 is 3.16. The van der Waals surface area contributed by atoms with Crippen molar-refractivity contribution in [3.8, 4) is 0 Å². The predicted octanol–water partition coefficient (Wildman–Crippen LogP) is 3.70. The Morgan fingerprint density at radius 2 is 2.05 bits per heavy atom. The molecule has 1 heterocycles. The molecular weight excluding hydrogens is 338 g/mol. The molecule has 0 aliphatic heterocycles. The smallest absolute Gasteiger partial charge is 0.337 e. The Morgan fingerprint density at radius 3 is 2.67 bits per heavy atom. The largest absolute Gasteiger partial charge is 0.478 e. The number of hydrogen-bond acceptors (Lipinski definition) is 3. The third kappa shape index (κ3) is 3.82. The number of amides is 1. The topological polar surface area (TPSA) is 79.5 Å². The summed E-state index contributed by atoms with van der Waals surface area (Å²) in [6, 6.07) is 8.21. The molecule has 0 unspecified atom stereocenters. The molecule has 0 radical (unpaired) electrons. The zero-order valence-corrected chi connectivity index (χ0v) is 12.7. The highest BCUT2D eigenvalue weighted by Gasteiger charge is 2.13. The first-order valence-electron chi connectivity index (χ1n) is 6.04. The van der Waals surface area contributed by atoms with Gasteiger partial charge in [-0.15, -0.1) is 0 Å². The number of benzene rings is 1. The second kappa shape index (κ2) is 6.41. The summed E-state index contributed by atoms with van der Waals surface area (Å²) in [6.45, 7) is 1.73. The van der Waals surface area contributed by atoms with Crippen LogP contribution in [0.5, 0.6) is 0 Å². The number of para-hydroxylation sites is 1. The monoisotopic (exact) mass is 349 g/mol. The standard InChI is InChI=1S/C15H12BrNO4/c1-9-3-2-4-11(15(19)20)14(9)17-13(18)8-6-10-5-7-12(16)21-10/h2-8H,1H3,(H,17,18)(H,19,20)/b8-6+. The number of furan rings is 1. The molecular formula is C15H12BrNO4. The van der Waals surface area contributed by atoms with Crippen molar-refractivity contribution in [3.05, 3.63) is 58.0 Å². The molecule has 1 aromatic carbocycles. The fourth-order valence-corrected chi connectivity index (χ4v) is 2.07. The van der Waals surface area contributed by atoms with Crippen LogP contribution in [0.25, 0.3) is 6.08 Å². The first kappa shape index (κ1) is 15.1. The van der Waals surface area contributed by atoms with E-state index in [1.54, 1.807) is 31.2 Å². The number of carbonyl (C=O) groups excluding carboxylic acids is 1. The van der Waals surface area contributed by atoms with Gasteiger partial charge in [0.25, 0.3) is 0 Å². The summed E-state index contributed by atoms with van der Waals surface area (Å²) in [5.41, 5.74) is 1.02. The van der Waals surface area contributed by atoms with E-state index in [1.807, 2.05) is 0 Å². The van der Waals surface area contributed by atoms with Crippen molar-refractivity contribution in [2.45, 2.75) is 6.92 Å². The Labute approximate surface area is 129 Å². The summed E-state index contributed by atoms with van der Waals surface area (Å²) in [5, 5.41) is 11.7. The highest BCUT2D eigenvalue weighted by atomic mass is 79.9. The van der Waals surface area contributed by atoms with Gasteiger partial charge in [0.15, 0.2) is 4.67 Å². The SMILES string of the molecule is Cc1cccc(C(=O)O)c1NC(=O)/C=C/c1ccc(Br)o1. The third-order valence-electron chi connectivity index (χ3n) is 2.74. The van der Waals surface area contributed by atoms with Crippen LogP contribution in [0.4, 0.5) is 5.69 Å². The summed E-state index contributed by atoms with van der Waals surface area (Å²) in [6.07, 6.45) is 2.78. The van der Waals surface area contributed by atoms with Crippen molar-refractivity contribution in [1.29, 1.82) is 0 Å².